The molecule has 96 valence electrons. The van der Waals surface area contributed by atoms with Crippen molar-refractivity contribution in [2.45, 2.75) is 18.9 Å². The Morgan fingerprint density at radius 1 is 1.61 bits per heavy atom. The van der Waals surface area contributed by atoms with E-state index in [-0.39, 0.29) is 17.5 Å². The van der Waals surface area contributed by atoms with E-state index in [1.54, 1.807) is 0 Å². The summed E-state index contributed by atoms with van der Waals surface area (Å²) < 4.78 is 4.63. The molecule has 0 aliphatic carbocycles. The number of carbonyl (C=O) groups excluding carboxylic acids is 2. The maximum atomic E-state index is 11.6. The summed E-state index contributed by atoms with van der Waals surface area (Å²) in [6.45, 7) is 0.685. The van der Waals surface area contributed by atoms with Gasteiger partial charge in [0, 0.05) is 12.7 Å². The first kappa shape index (κ1) is 12.3. The molecule has 0 aromatic carbocycles. The number of hydrogen-bond donors (Lipinski definition) is 2. The van der Waals surface area contributed by atoms with Crippen LogP contribution < -0.4 is 10.6 Å². The van der Waals surface area contributed by atoms with E-state index in [1.807, 2.05) is 0 Å². The van der Waals surface area contributed by atoms with Gasteiger partial charge in [0.2, 0.25) is 5.91 Å². The van der Waals surface area contributed by atoms with Crippen LogP contribution in [0.4, 0.5) is 5.82 Å². The van der Waals surface area contributed by atoms with E-state index >= 15 is 0 Å². The molecule has 0 saturated carbocycles. The standard InChI is InChI=1S/C11H14N4O3/c1-18-11(17)7-5-12-6-14-9(7)15-8-3-2-4-13-10(8)16/h5-6,8H,2-4H2,1H3,(H,13,16)(H,12,14,15). The van der Waals surface area contributed by atoms with Crippen LogP contribution in [0.15, 0.2) is 12.5 Å². The van der Waals surface area contributed by atoms with E-state index in [0.717, 1.165) is 6.42 Å². The Morgan fingerprint density at radius 2 is 2.44 bits per heavy atom. The Balaban J connectivity index is 2.18. The highest BCUT2D eigenvalue weighted by Gasteiger charge is 2.24. The summed E-state index contributed by atoms with van der Waals surface area (Å²) in [7, 11) is 1.28. The fourth-order valence-electron chi connectivity index (χ4n) is 1.78. The lowest BCUT2D eigenvalue weighted by atomic mass is 10.1. The van der Waals surface area contributed by atoms with E-state index in [9.17, 15) is 9.59 Å². The van der Waals surface area contributed by atoms with Gasteiger partial charge < -0.3 is 15.4 Å². The van der Waals surface area contributed by atoms with Gasteiger partial charge in [0.05, 0.1) is 7.11 Å². The fourth-order valence-corrected chi connectivity index (χ4v) is 1.78. The minimum absolute atomic E-state index is 0.0873. The highest BCUT2D eigenvalue weighted by Crippen LogP contribution is 2.15. The van der Waals surface area contributed by atoms with E-state index < -0.39 is 5.97 Å². The maximum absolute atomic E-state index is 11.6. The van der Waals surface area contributed by atoms with Crippen LogP contribution in [0.1, 0.15) is 23.2 Å². The monoisotopic (exact) mass is 250 g/mol. The van der Waals surface area contributed by atoms with Gasteiger partial charge in [0.1, 0.15) is 23.8 Å². The first-order valence-electron chi connectivity index (χ1n) is 5.65. The molecule has 1 aromatic heterocycles. The van der Waals surface area contributed by atoms with Crippen LogP contribution in [0, 0.1) is 0 Å². The lowest BCUT2D eigenvalue weighted by molar-refractivity contribution is -0.123. The quantitative estimate of drug-likeness (QED) is 0.731. The molecule has 1 saturated heterocycles. The molecular weight excluding hydrogens is 236 g/mol. The van der Waals surface area contributed by atoms with Gasteiger partial charge >= 0.3 is 5.97 Å². The number of methoxy groups -OCH3 is 1. The van der Waals surface area contributed by atoms with Gasteiger partial charge in [-0.2, -0.15) is 0 Å². The fraction of sp³-hybridized carbons (Fsp3) is 0.455. The second-order valence-corrected chi connectivity index (χ2v) is 3.91. The van der Waals surface area contributed by atoms with Gasteiger partial charge in [-0.25, -0.2) is 14.8 Å². The summed E-state index contributed by atoms with van der Waals surface area (Å²) in [6.07, 6.45) is 4.27. The van der Waals surface area contributed by atoms with Crippen LogP contribution in [0.3, 0.4) is 0 Å². The van der Waals surface area contributed by atoms with Gasteiger partial charge in [0.25, 0.3) is 0 Å². The lowest BCUT2D eigenvalue weighted by Crippen LogP contribution is -2.44. The van der Waals surface area contributed by atoms with Crippen molar-refractivity contribution in [3.8, 4) is 0 Å². The minimum atomic E-state index is -0.533. The number of esters is 1. The molecule has 1 fully saturated rings. The minimum Gasteiger partial charge on any atom is -0.465 e. The second kappa shape index (κ2) is 5.44. The first-order valence-corrected chi connectivity index (χ1v) is 5.65. The second-order valence-electron chi connectivity index (χ2n) is 3.91. The third kappa shape index (κ3) is 2.55. The molecule has 2 N–H and O–H groups in total. The molecule has 1 amide bonds. The number of anilines is 1. The molecule has 7 heteroatoms. The Labute approximate surface area is 104 Å². The largest absolute Gasteiger partial charge is 0.465 e. The number of nitrogens with zero attached hydrogens (tertiary/aromatic N) is 2. The molecule has 0 bridgehead atoms. The predicted molar refractivity (Wildman–Crippen MR) is 63.0 cm³/mol. The molecular formula is C11H14N4O3. The van der Waals surface area contributed by atoms with E-state index in [2.05, 4.69) is 25.3 Å². The highest BCUT2D eigenvalue weighted by atomic mass is 16.5. The predicted octanol–water partition coefficient (Wildman–Crippen LogP) is -0.0463. The molecule has 1 atom stereocenters. The van der Waals surface area contributed by atoms with Crippen molar-refractivity contribution in [3.63, 3.8) is 0 Å². The molecule has 0 spiro atoms. The van der Waals surface area contributed by atoms with Crippen molar-refractivity contribution in [1.82, 2.24) is 15.3 Å². The summed E-state index contributed by atoms with van der Waals surface area (Å²) in [5.41, 5.74) is 0.221. The number of piperidine rings is 1. The van der Waals surface area contributed by atoms with Crippen LogP contribution in [-0.2, 0) is 9.53 Å². The number of hydrogen-bond acceptors (Lipinski definition) is 6. The Morgan fingerprint density at radius 3 is 3.17 bits per heavy atom. The average molecular weight is 250 g/mol. The Kier molecular flexibility index (Phi) is 3.71. The summed E-state index contributed by atoms with van der Waals surface area (Å²) in [5, 5.41) is 5.70. The van der Waals surface area contributed by atoms with Crippen LogP contribution >= 0.6 is 0 Å². The smallest absolute Gasteiger partial charge is 0.343 e. The van der Waals surface area contributed by atoms with Crippen LogP contribution in [0.25, 0.3) is 0 Å². The van der Waals surface area contributed by atoms with Crippen LogP contribution in [-0.4, -0.2) is 41.5 Å². The molecule has 1 aliphatic heterocycles. The lowest BCUT2D eigenvalue weighted by Gasteiger charge is -2.23. The van der Waals surface area contributed by atoms with Crippen LogP contribution in [0.5, 0.6) is 0 Å². The summed E-state index contributed by atoms with van der Waals surface area (Å²) in [4.78, 5) is 30.9. The zero-order valence-corrected chi connectivity index (χ0v) is 9.97. The molecule has 7 nitrogen and oxygen atoms in total. The Hall–Kier alpha value is -2.18. The molecule has 1 aliphatic rings. The molecule has 18 heavy (non-hydrogen) atoms. The zero-order chi connectivity index (χ0) is 13.0. The summed E-state index contributed by atoms with van der Waals surface area (Å²) in [5.74, 6) is -0.302. The number of aromatic nitrogens is 2. The van der Waals surface area contributed by atoms with E-state index in [0.29, 0.717) is 18.8 Å². The highest BCUT2D eigenvalue weighted by molar-refractivity contribution is 5.95. The van der Waals surface area contributed by atoms with E-state index in [4.69, 9.17) is 0 Å². The van der Waals surface area contributed by atoms with Crippen molar-refractivity contribution in [3.05, 3.63) is 18.1 Å². The van der Waals surface area contributed by atoms with E-state index in [1.165, 1.54) is 19.6 Å². The van der Waals surface area contributed by atoms with Gasteiger partial charge in [0.15, 0.2) is 0 Å². The third-order valence-electron chi connectivity index (χ3n) is 2.71. The van der Waals surface area contributed by atoms with Crippen molar-refractivity contribution in [2.75, 3.05) is 19.0 Å². The molecule has 1 aromatic rings. The SMILES string of the molecule is COC(=O)c1cncnc1NC1CCCNC1=O. The van der Waals surface area contributed by atoms with Gasteiger partial charge in [-0.15, -0.1) is 0 Å². The Bertz CT molecular complexity index is 463. The van der Waals surface area contributed by atoms with Gasteiger partial charge in [-0.1, -0.05) is 0 Å². The normalized spacial score (nSPS) is 18.9. The molecule has 2 rings (SSSR count). The van der Waals surface area contributed by atoms with Crippen molar-refractivity contribution in [1.29, 1.82) is 0 Å². The van der Waals surface area contributed by atoms with Gasteiger partial charge in [-0.05, 0) is 12.8 Å². The van der Waals surface area contributed by atoms with Crippen molar-refractivity contribution in [2.24, 2.45) is 0 Å². The third-order valence-corrected chi connectivity index (χ3v) is 2.71. The number of rotatable bonds is 3. The summed E-state index contributed by atoms with van der Waals surface area (Å²) >= 11 is 0. The zero-order valence-electron chi connectivity index (χ0n) is 9.97. The molecule has 2 heterocycles. The first-order chi connectivity index (χ1) is 8.72. The van der Waals surface area contributed by atoms with Gasteiger partial charge in [-0.3, -0.25) is 4.79 Å². The number of nitrogens with one attached hydrogen (secondary N) is 2. The maximum Gasteiger partial charge on any atom is 0.343 e. The topological polar surface area (TPSA) is 93.2 Å². The summed E-state index contributed by atoms with van der Waals surface area (Å²) in [6, 6.07) is -0.378. The van der Waals surface area contributed by atoms with Crippen LogP contribution in [0.2, 0.25) is 0 Å². The van der Waals surface area contributed by atoms with Crippen molar-refractivity contribution < 1.29 is 14.3 Å². The molecule has 0 radical (unpaired) electrons. The number of ether oxygens (including phenoxy) is 1. The number of carbonyl (C=O) groups is 2. The average Bonchev–Trinajstić information content (AvgIpc) is 2.41. The molecule has 1 unspecified atom stereocenters. The number of amides is 1. The van der Waals surface area contributed by atoms with Crippen molar-refractivity contribution >= 4 is 17.7 Å².